The largest absolute Gasteiger partial charge is 0.360 e. The normalized spacial score (nSPS) is 11.8. The molecule has 2 rings (SSSR count). The number of nitrogens with zero attached hydrogens (tertiary/aromatic N) is 1. The predicted octanol–water partition coefficient (Wildman–Crippen LogP) is 3.73. The van der Waals surface area contributed by atoms with Crippen LogP contribution in [0, 0.1) is 6.92 Å². The molecule has 2 nitrogen and oxygen atoms in total. The van der Waals surface area contributed by atoms with Crippen molar-refractivity contribution in [3.8, 4) is 0 Å². The molecule has 0 unspecified atom stereocenters. The minimum absolute atomic E-state index is 0.0893. The molecule has 0 amide bonds. The molecule has 2 aromatic rings. The van der Waals surface area contributed by atoms with E-state index in [9.17, 15) is 0 Å². The molecule has 0 spiro atoms. The van der Waals surface area contributed by atoms with Gasteiger partial charge in [0.1, 0.15) is 5.82 Å². The first kappa shape index (κ1) is 11.4. The Labute approximate surface area is 102 Å². The van der Waals surface area contributed by atoms with Gasteiger partial charge in [0, 0.05) is 6.20 Å². The molecule has 0 aliphatic carbocycles. The third kappa shape index (κ3) is 2.94. The van der Waals surface area contributed by atoms with E-state index in [0.29, 0.717) is 0 Å². The van der Waals surface area contributed by atoms with Crippen molar-refractivity contribution in [1.82, 2.24) is 4.98 Å². The molecule has 0 fully saturated rings. The van der Waals surface area contributed by atoms with Crippen molar-refractivity contribution >= 4 is 5.82 Å². The Bertz CT molecular complexity index is 474. The zero-order chi connectivity index (χ0) is 12.1. The molecule has 1 atom stereocenters. The molecule has 0 aliphatic heterocycles. The van der Waals surface area contributed by atoms with Gasteiger partial charge in [-0.15, -0.1) is 6.58 Å². The molecule has 0 saturated carbocycles. The molecule has 17 heavy (non-hydrogen) atoms. The molecule has 1 heterocycles. The smallest absolute Gasteiger partial charge is 0.126 e. The van der Waals surface area contributed by atoms with E-state index in [2.05, 4.69) is 29.0 Å². The summed E-state index contributed by atoms with van der Waals surface area (Å²) >= 11 is 0. The van der Waals surface area contributed by atoms with Crippen LogP contribution >= 0.6 is 0 Å². The highest BCUT2D eigenvalue weighted by Crippen LogP contribution is 2.18. The Morgan fingerprint density at radius 3 is 2.53 bits per heavy atom. The topological polar surface area (TPSA) is 24.9 Å². The summed E-state index contributed by atoms with van der Waals surface area (Å²) < 4.78 is 0. The van der Waals surface area contributed by atoms with Gasteiger partial charge < -0.3 is 5.32 Å². The second-order valence-corrected chi connectivity index (χ2v) is 3.99. The molecule has 0 aliphatic rings. The molecule has 1 N–H and O–H groups in total. The van der Waals surface area contributed by atoms with Crippen LogP contribution in [0.3, 0.4) is 0 Å². The fourth-order valence-corrected chi connectivity index (χ4v) is 1.65. The van der Waals surface area contributed by atoms with Crippen LogP contribution in [-0.2, 0) is 0 Å². The average Bonchev–Trinajstić information content (AvgIpc) is 2.39. The van der Waals surface area contributed by atoms with E-state index in [0.717, 1.165) is 11.4 Å². The van der Waals surface area contributed by atoms with Gasteiger partial charge in [0.05, 0.1) is 6.04 Å². The molecule has 0 radical (unpaired) electrons. The Balaban J connectivity index is 2.16. The summed E-state index contributed by atoms with van der Waals surface area (Å²) in [5.41, 5.74) is 2.34. The number of anilines is 1. The van der Waals surface area contributed by atoms with Crippen molar-refractivity contribution < 1.29 is 0 Å². The predicted molar refractivity (Wildman–Crippen MR) is 72.0 cm³/mol. The number of benzene rings is 1. The first-order valence-electron chi connectivity index (χ1n) is 5.66. The molecule has 1 aromatic carbocycles. The van der Waals surface area contributed by atoms with E-state index in [1.807, 2.05) is 49.5 Å². The second kappa shape index (κ2) is 5.30. The average molecular weight is 224 g/mol. The molecule has 86 valence electrons. The number of hydrogen-bond donors (Lipinski definition) is 1. The van der Waals surface area contributed by atoms with Gasteiger partial charge in [-0.2, -0.15) is 0 Å². The fourth-order valence-electron chi connectivity index (χ4n) is 1.65. The van der Waals surface area contributed by atoms with Crippen LogP contribution < -0.4 is 5.32 Å². The molecule has 0 saturated heterocycles. The monoisotopic (exact) mass is 224 g/mol. The number of rotatable bonds is 4. The zero-order valence-electron chi connectivity index (χ0n) is 9.93. The van der Waals surface area contributed by atoms with Crippen LogP contribution in [0.2, 0.25) is 0 Å². The highest BCUT2D eigenvalue weighted by atomic mass is 15.0. The van der Waals surface area contributed by atoms with Gasteiger partial charge >= 0.3 is 0 Å². The van der Waals surface area contributed by atoms with Crippen molar-refractivity contribution in [2.75, 3.05) is 5.32 Å². The van der Waals surface area contributed by atoms with Crippen LogP contribution in [-0.4, -0.2) is 4.98 Å². The summed E-state index contributed by atoms with van der Waals surface area (Å²) in [6.45, 7) is 5.89. The van der Waals surface area contributed by atoms with Gasteiger partial charge in [0.2, 0.25) is 0 Å². The Kier molecular flexibility index (Phi) is 3.55. The summed E-state index contributed by atoms with van der Waals surface area (Å²) in [7, 11) is 0. The van der Waals surface area contributed by atoms with E-state index in [1.165, 1.54) is 5.56 Å². The van der Waals surface area contributed by atoms with Gasteiger partial charge in [-0.3, -0.25) is 0 Å². The number of nitrogens with one attached hydrogen (secondary N) is 1. The standard InChI is InChI=1S/C15H16N2/c1-3-14(13-7-5-4-6-8-13)17-15-10-9-12(2)11-16-15/h3-11,14H,1H2,2H3,(H,16,17)/t14-/m1/s1. The third-order valence-electron chi connectivity index (χ3n) is 2.61. The van der Waals surface area contributed by atoms with E-state index in [-0.39, 0.29) is 6.04 Å². The van der Waals surface area contributed by atoms with Crippen LogP contribution in [0.4, 0.5) is 5.82 Å². The summed E-state index contributed by atoms with van der Waals surface area (Å²) in [4.78, 5) is 4.33. The van der Waals surface area contributed by atoms with Gasteiger partial charge in [-0.05, 0) is 24.1 Å². The molecular weight excluding hydrogens is 208 g/mol. The first-order chi connectivity index (χ1) is 8.29. The van der Waals surface area contributed by atoms with Crippen molar-refractivity contribution in [2.24, 2.45) is 0 Å². The SMILES string of the molecule is C=C[C@@H](Nc1ccc(C)cn1)c1ccccc1. The van der Waals surface area contributed by atoms with Crippen molar-refractivity contribution in [2.45, 2.75) is 13.0 Å². The maximum atomic E-state index is 4.33. The Hall–Kier alpha value is -2.09. The third-order valence-corrected chi connectivity index (χ3v) is 2.61. The summed E-state index contributed by atoms with van der Waals surface area (Å²) in [6.07, 6.45) is 3.74. The van der Waals surface area contributed by atoms with E-state index in [1.54, 1.807) is 0 Å². The summed E-state index contributed by atoms with van der Waals surface area (Å²) in [5.74, 6) is 0.865. The first-order valence-corrected chi connectivity index (χ1v) is 5.66. The van der Waals surface area contributed by atoms with Crippen molar-refractivity contribution in [3.05, 3.63) is 72.4 Å². The quantitative estimate of drug-likeness (QED) is 0.800. The number of aryl methyl sites for hydroxylation is 1. The van der Waals surface area contributed by atoms with Gasteiger partial charge in [-0.25, -0.2) is 4.98 Å². The van der Waals surface area contributed by atoms with E-state index in [4.69, 9.17) is 0 Å². The summed E-state index contributed by atoms with van der Waals surface area (Å²) in [5, 5.41) is 3.34. The molecule has 1 aromatic heterocycles. The van der Waals surface area contributed by atoms with Crippen LogP contribution in [0.15, 0.2) is 61.3 Å². The fraction of sp³-hybridized carbons (Fsp3) is 0.133. The van der Waals surface area contributed by atoms with E-state index >= 15 is 0 Å². The highest BCUT2D eigenvalue weighted by molar-refractivity contribution is 5.40. The van der Waals surface area contributed by atoms with Gasteiger partial charge in [-0.1, -0.05) is 42.5 Å². The van der Waals surface area contributed by atoms with Crippen molar-refractivity contribution in [3.63, 3.8) is 0 Å². The van der Waals surface area contributed by atoms with Crippen LogP contribution in [0.25, 0.3) is 0 Å². The minimum atomic E-state index is 0.0893. The molecule has 0 bridgehead atoms. The minimum Gasteiger partial charge on any atom is -0.360 e. The number of pyridine rings is 1. The lowest BCUT2D eigenvalue weighted by Crippen LogP contribution is -2.08. The van der Waals surface area contributed by atoms with Crippen LogP contribution in [0.5, 0.6) is 0 Å². The van der Waals surface area contributed by atoms with E-state index < -0.39 is 0 Å². The Morgan fingerprint density at radius 1 is 1.18 bits per heavy atom. The lowest BCUT2D eigenvalue weighted by molar-refractivity contribution is 0.970. The molecular formula is C15H16N2. The second-order valence-electron chi connectivity index (χ2n) is 3.99. The molecule has 2 heteroatoms. The maximum absolute atomic E-state index is 4.33. The zero-order valence-corrected chi connectivity index (χ0v) is 9.93. The summed E-state index contributed by atoms with van der Waals surface area (Å²) in [6, 6.07) is 14.3. The maximum Gasteiger partial charge on any atom is 0.126 e. The van der Waals surface area contributed by atoms with Gasteiger partial charge in [0.15, 0.2) is 0 Å². The lowest BCUT2D eigenvalue weighted by atomic mass is 10.1. The highest BCUT2D eigenvalue weighted by Gasteiger charge is 2.06. The number of aromatic nitrogens is 1. The van der Waals surface area contributed by atoms with Crippen molar-refractivity contribution in [1.29, 1.82) is 0 Å². The van der Waals surface area contributed by atoms with Gasteiger partial charge in [0.25, 0.3) is 0 Å². The lowest BCUT2D eigenvalue weighted by Gasteiger charge is -2.15. The van der Waals surface area contributed by atoms with Crippen LogP contribution in [0.1, 0.15) is 17.2 Å². The Morgan fingerprint density at radius 2 is 1.94 bits per heavy atom. The number of hydrogen-bond acceptors (Lipinski definition) is 2.